The number of carbonyl (C=O) groups excluding carboxylic acids is 1. The molecule has 0 radical (unpaired) electrons. The zero-order chi connectivity index (χ0) is 19.6. The van der Waals surface area contributed by atoms with Crippen LogP contribution in [0, 0.1) is 12.8 Å². The first-order chi connectivity index (χ1) is 12.8. The van der Waals surface area contributed by atoms with E-state index in [2.05, 4.69) is 34.5 Å². The smallest absolute Gasteiger partial charge is 0.274 e. The van der Waals surface area contributed by atoms with Crippen LogP contribution in [0.3, 0.4) is 0 Å². The van der Waals surface area contributed by atoms with E-state index in [9.17, 15) is 4.79 Å². The number of pyridine rings is 1. The summed E-state index contributed by atoms with van der Waals surface area (Å²) in [6.45, 7) is 8.37. The molecule has 0 aliphatic carbocycles. The highest BCUT2D eigenvalue weighted by Gasteiger charge is 2.28. The molecule has 0 bridgehead atoms. The molecule has 0 saturated heterocycles. The summed E-state index contributed by atoms with van der Waals surface area (Å²) in [6.07, 6.45) is 2.54. The van der Waals surface area contributed by atoms with Gasteiger partial charge in [0.05, 0.1) is 22.4 Å². The SMILES string of the molecule is Cc1c(C(=O)NC(C)(CN)CC(C)C)nnn1-c1cccc2ncccc12.Cl.Cl. The largest absolute Gasteiger partial charge is 0.344 e. The minimum Gasteiger partial charge on any atom is -0.344 e. The highest BCUT2D eigenvalue weighted by atomic mass is 35.5. The van der Waals surface area contributed by atoms with Crippen molar-refractivity contribution in [2.24, 2.45) is 11.7 Å². The lowest BCUT2D eigenvalue weighted by Gasteiger charge is -2.30. The quantitative estimate of drug-likeness (QED) is 0.613. The van der Waals surface area contributed by atoms with Crippen molar-refractivity contribution in [3.63, 3.8) is 0 Å². The number of carbonyl (C=O) groups is 1. The van der Waals surface area contributed by atoms with Gasteiger partial charge in [-0.3, -0.25) is 9.78 Å². The van der Waals surface area contributed by atoms with Gasteiger partial charge in [-0.25, -0.2) is 4.68 Å². The zero-order valence-corrected chi connectivity index (χ0v) is 18.7. The molecule has 7 nitrogen and oxygen atoms in total. The lowest BCUT2D eigenvalue weighted by molar-refractivity contribution is 0.0892. The van der Waals surface area contributed by atoms with Gasteiger partial charge in [0.25, 0.3) is 5.91 Å². The molecule has 9 heteroatoms. The Morgan fingerprint density at radius 3 is 2.62 bits per heavy atom. The molecule has 3 aromatic rings. The van der Waals surface area contributed by atoms with Gasteiger partial charge in [0, 0.05) is 18.1 Å². The van der Waals surface area contributed by atoms with Crippen molar-refractivity contribution in [1.82, 2.24) is 25.3 Å². The van der Waals surface area contributed by atoms with Crippen molar-refractivity contribution in [2.45, 2.75) is 39.7 Å². The second kappa shape index (κ2) is 10.0. The number of halogens is 2. The van der Waals surface area contributed by atoms with Gasteiger partial charge in [-0.05, 0) is 50.5 Å². The van der Waals surface area contributed by atoms with Crippen LogP contribution in [0.15, 0.2) is 36.5 Å². The molecule has 2 aromatic heterocycles. The lowest BCUT2D eigenvalue weighted by atomic mass is 9.90. The Labute approximate surface area is 183 Å². The van der Waals surface area contributed by atoms with Gasteiger partial charge in [0.15, 0.2) is 5.69 Å². The van der Waals surface area contributed by atoms with Crippen molar-refractivity contribution in [3.05, 3.63) is 47.9 Å². The summed E-state index contributed by atoms with van der Waals surface area (Å²) in [5.74, 6) is 0.157. The fraction of sp³-hybridized carbons (Fsp3) is 0.400. The van der Waals surface area contributed by atoms with Gasteiger partial charge in [-0.1, -0.05) is 25.1 Å². The van der Waals surface area contributed by atoms with Crippen molar-refractivity contribution in [2.75, 3.05) is 6.54 Å². The van der Waals surface area contributed by atoms with Crippen LogP contribution in [0.4, 0.5) is 0 Å². The Hall–Kier alpha value is -2.22. The van der Waals surface area contributed by atoms with Gasteiger partial charge in [0.1, 0.15) is 0 Å². The van der Waals surface area contributed by atoms with Crippen LogP contribution in [0.2, 0.25) is 0 Å². The third-order valence-corrected chi connectivity index (χ3v) is 4.69. The third kappa shape index (κ3) is 5.23. The van der Waals surface area contributed by atoms with Crippen LogP contribution in [0.25, 0.3) is 16.6 Å². The maximum Gasteiger partial charge on any atom is 0.274 e. The summed E-state index contributed by atoms with van der Waals surface area (Å²) in [5.41, 5.74) is 8.12. The molecule has 3 N–H and O–H groups in total. The fourth-order valence-electron chi connectivity index (χ4n) is 3.46. The predicted molar refractivity (Wildman–Crippen MR) is 120 cm³/mol. The van der Waals surface area contributed by atoms with Crippen LogP contribution < -0.4 is 11.1 Å². The number of aromatic nitrogens is 4. The van der Waals surface area contributed by atoms with Crippen LogP contribution in [-0.4, -0.2) is 38.0 Å². The summed E-state index contributed by atoms with van der Waals surface area (Å²) in [6, 6.07) is 9.66. The second-order valence-corrected chi connectivity index (χ2v) is 7.60. The molecular weight excluding hydrogens is 411 g/mol. The number of rotatable bonds is 6. The van der Waals surface area contributed by atoms with E-state index < -0.39 is 5.54 Å². The summed E-state index contributed by atoms with van der Waals surface area (Å²) >= 11 is 0. The van der Waals surface area contributed by atoms with Gasteiger partial charge in [-0.15, -0.1) is 29.9 Å². The summed E-state index contributed by atoms with van der Waals surface area (Å²) in [5, 5.41) is 12.3. The number of nitrogens with one attached hydrogen (secondary N) is 1. The normalized spacial score (nSPS) is 12.8. The van der Waals surface area contributed by atoms with E-state index >= 15 is 0 Å². The lowest BCUT2D eigenvalue weighted by Crippen LogP contribution is -2.52. The predicted octanol–water partition coefficient (Wildman–Crippen LogP) is 3.46. The molecule has 29 heavy (non-hydrogen) atoms. The van der Waals surface area contributed by atoms with Crippen LogP contribution >= 0.6 is 24.8 Å². The average molecular weight is 439 g/mol. The number of nitrogens with zero attached hydrogens (tertiary/aromatic N) is 4. The third-order valence-electron chi connectivity index (χ3n) is 4.69. The van der Waals surface area contributed by atoms with Crippen molar-refractivity contribution >= 4 is 41.6 Å². The van der Waals surface area contributed by atoms with Gasteiger partial charge >= 0.3 is 0 Å². The van der Waals surface area contributed by atoms with Gasteiger partial charge in [0.2, 0.25) is 0 Å². The van der Waals surface area contributed by atoms with E-state index in [-0.39, 0.29) is 30.7 Å². The van der Waals surface area contributed by atoms with E-state index in [0.717, 1.165) is 23.0 Å². The number of hydrogen-bond donors (Lipinski definition) is 2. The molecule has 1 amide bonds. The summed E-state index contributed by atoms with van der Waals surface area (Å²) in [4.78, 5) is 17.2. The first-order valence-electron chi connectivity index (χ1n) is 9.13. The second-order valence-electron chi connectivity index (χ2n) is 7.60. The first-order valence-corrected chi connectivity index (χ1v) is 9.13. The molecule has 1 unspecified atom stereocenters. The standard InChI is InChI=1S/C20H26N6O.2ClH/c1-13(2)11-20(4,12-21)23-19(27)18-14(3)26(25-24-18)17-9-5-8-16-15(17)7-6-10-22-16;;/h5-10,13H,11-12,21H2,1-4H3,(H,23,27);2*1H. The van der Waals surface area contributed by atoms with Crippen LogP contribution in [-0.2, 0) is 0 Å². The highest BCUT2D eigenvalue weighted by Crippen LogP contribution is 2.22. The first kappa shape index (κ1) is 24.8. The maximum absolute atomic E-state index is 12.8. The Morgan fingerprint density at radius 2 is 1.97 bits per heavy atom. The Morgan fingerprint density at radius 1 is 1.24 bits per heavy atom. The van der Waals surface area contributed by atoms with Crippen LogP contribution in [0.1, 0.15) is 43.4 Å². The summed E-state index contributed by atoms with van der Waals surface area (Å²) in [7, 11) is 0. The zero-order valence-electron chi connectivity index (χ0n) is 17.0. The van der Waals surface area contributed by atoms with E-state index in [1.807, 2.05) is 44.2 Å². The van der Waals surface area contributed by atoms with Crippen molar-refractivity contribution < 1.29 is 4.79 Å². The molecule has 158 valence electrons. The van der Waals surface area contributed by atoms with Crippen molar-refractivity contribution in [1.29, 1.82) is 0 Å². The van der Waals surface area contributed by atoms with Gasteiger partial charge < -0.3 is 11.1 Å². The van der Waals surface area contributed by atoms with E-state index in [0.29, 0.717) is 23.9 Å². The highest BCUT2D eigenvalue weighted by molar-refractivity contribution is 5.94. The molecule has 0 saturated carbocycles. The fourth-order valence-corrected chi connectivity index (χ4v) is 3.46. The number of fused-ring (bicyclic) bond motifs is 1. The number of nitrogens with two attached hydrogens (primary N) is 1. The van der Waals surface area contributed by atoms with E-state index in [4.69, 9.17) is 5.73 Å². The molecule has 0 spiro atoms. The molecule has 2 heterocycles. The average Bonchev–Trinajstić information content (AvgIpc) is 3.02. The molecule has 3 rings (SSSR count). The van der Waals surface area contributed by atoms with Gasteiger partial charge in [-0.2, -0.15) is 0 Å². The van der Waals surface area contributed by atoms with E-state index in [1.54, 1.807) is 10.9 Å². The number of benzene rings is 1. The molecule has 1 atom stereocenters. The maximum atomic E-state index is 12.8. The minimum absolute atomic E-state index is 0. The van der Waals surface area contributed by atoms with E-state index in [1.165, 1.54) is 0 Å². The van der Waals surface area contributed by atoms with Crippen LogP contribution in [0.5, 0.6) is 0 Å². The molecule has 0 aliphatic rings. The Balaban J connectivity index is 0.00000210. The van der Waals surface area contributed by atoms with Crippen molar-refractivity contribution in [3.8, 4) is 5.69 Å². The molecule has 1 aromatic carbocycles. The Bertz CT molecular complexity index is 969. The summed E-state index contributed by atoms with van der Waals surface area (Å²) < 4.78 is 1.68. The molecular formula is C20H28Cl2N6O. The molecule has 0 aliphatic heterocycles. The monoisotopic (exact) mass is 438 g/mol. The topological polar surface area (TPSA) is 98.7 Å². The number of amides is 1. The minimum atomic E-state index is -0.481. The molecule has 0 fully saturated rings. The number of hydrogen-bond acceptors (Lipinski definition) is 5. The Kier molecular flexibility index (Phi) is 8.56.